The second-order valence-electron chi connectivity index (χ2n) is 6.55. The van der Waals surface area contributed by atoms with Crippen molar-refractivity contribution in [3.63, 3.8) is 0 Å². The fourth-order valence-corrected chi connectivity index (χ4v) is 3.01. The van der Waals surface area contributed by atoms with Gasteiger partial charge in [0.1, 0.15) is 17.4 Å². The molecule has 0 bridgehead atoms. The number of ether oxygens (including phenoxy) is 1. The smallest absolute Gasteiger partial charge is 0.142 e. The number of rotatable bonds is 7. The molecule has 0 aliphatic carbocycles. The minimum Gasteiger partial charge on any atom is -0.507 e. The first-order valence-electron chi connectivity index (χ1n) is 8.98. The van der Waals surface area contributed by atoms with Gasteiger partial charge in [-0.3, -0.25) is 0 Å². The number of aromatic hydroxyl groups is 1. The minimum atomic E-state index is -0.481. The molecule has 0 aliphatic heterocycles. The molecule has 0 atom stereocenters. The third-order valence-corrected chi connectivity index (χ3v) is 4.64. The van der Waals surface area contributed by atoms with Crippen LogP contribution in [0.5, 0.6) is 5.75 Å². The number of phenols is 1. The van der Waals surface area contributed by atoms with Gasteiger partial charge >= 0.3 is 0 Å². The van der Waals surface area contributed by atoms with Crippen molar-refractivity contribution in [2.45, 2.75) is 13.3 Å². The van der Waals surface area contributed by atoms with E-state index < -0.39 is 5.82 Å². The average Bonchev–Trinajstić information content (AvgIpc) is 2.69. The zero-order valence-electron chi connectivity index (χ0n) is 15.8. The van der Waals surface area contributed by atoms with Gasteiger partial charge in [-0.2, -0.15) is 0 Å². The van der Waals surface area contributed by atoms with Gasteiger partial charge in [-0.15, -0.1) is 0 Å². The first kappa shape index (κ1) is 20.1. The molecule has 2 aromatic carbocycles. The van der Waals surface area contributed by atoms with Crippen LogP contribution in [0.1, 0.15) is 12.0 Å². The number of nitrogens with zero attached hydrogens (tertiary/aromatic N) is 1. The van der Waals surface area contributed by atoms with Crippen LogP contribution in [0.2, 0.25) is 5.02 Å². The van der Waals surface area contributed by atoms with Crippen molar-refractivity contribution in [2.24, 2.45) is 0 Å². The predicted octanol–water partition coefficient (Wildman–Crippen LogP) is 5.67. The van der Waals surface area contributed by atoms with Gasteiger partial charge in [0.05, 0.1) is 10.7 Å². The number of methoxy groups -OCH3 is 1. The molecule has 28 heavy (non-hydrogen) atoms. The molecule has 6 heteroatoms. The second kappa shape index (κ2) is 9.04. The number of aromatic nitrogens is 1. The van der Waals surface area contributed by atoms with E-state index in [1.54, 1.807) is 19.2 Å². The topological polar surface area (TPSA) is 54.4 Å². The maximum absolute atomic E-state index is 14.0. The maximum Gasteiger partial charge on any atom is 0.142 e. The van der Waals surface area contributed by atoms with Gasteiger partial charge in [-0.25, -0.2) is 9.37 Å². The molecule has 3 aromatic rings. The van der Waals surface area contributed by atoms with Gasteiger partial charge in [0.2, 0.25) is 0 Å². The molecular weight excluding hydrogens is 379 g/mol. The summed E-state index contributed by atoms with van der Waals surface area (Å²) in [5.74, 6) is 0.299. The van der Waals surface area contributed by atoms with Crippen LogP contribution in [0.15, 0.2) is 48.5 Å². The molecule has 0 fully saturated rings. The lowest BCUT2D eigenvalue weighted by Crippen LogP contribution is -2.06. The lowest BCUT2D eigenvalue weighted by molar-refractivity contribution is 0.198. The normalized spacial score (nSPS) is 10.9. The molecule has 1 aromatic heterocycles. The van der Waals surface area contributed by atoms with E-state index >= 15 is 0 Å². The Morgan fingerprint density at radius 1 is 1.11 bits per heavy atom. The Balaban J connectivity index is 2.05. The van der Waals surface area contributed by atoms with Crippen molar-refractivity contribution < 1.29 is 14.2 Å². The van der Waals surface area contributed by atoms with E-state index in [0.717, 1.165) is 17.5 Å². The Bertz CT molecular complexity index is 979. The zero-order chi connectivity index (χ0) is 20.1. The summed E-state index contributed by atoms with van der Waals surface area (Å²) in [4.78, 5) is 4.64. The van der Waals surface area contributed by atoms with E-state index in [-0.39, 0.29) is 10.8 Å². The van der Waals surface area contributed by atoms with Gasteiger partial charge in [0.25, 0.3) is 0 Å². The molecule has 2 N–H and O–H groups in total. The van der Waals surface area contributed by atoms with Crippen LogP contribution < -0.4 is 5.32 Å². The van der Waals surface area contributed by atoms with Crippen LogP contribution in [0, 0.1) is 12.7 Å². The lowest BCUT2D eigenvalue weighted by atomic mass is 10.0. The quantitative estimate of drug-likeness (QED) is 0.501. The Morgan fingerprint density at radius 3 is 2.68 bits per heavy atom. The highest BCUT2D eigenvalue weighted by atomic mass is 35.5. The monoisotopic (exact) mass is 400 g/mol. The first-order valence-corrected chi connectivity index (χ1v) is 9.36. The van der Waals surface area contributed by atoms with Crippen LogP contribution in [-0.4, -0.2) is 30.4 Å². The molecule has 0 amide bonds. The number of benzene rings is 2. The van der Waals surface area contributed by atoms with E-state index in [1.165, 1.54) is 12.1 Å². The maximum atomic E-state index is 14.0. The molecule has 1 heterocycles. The van der Waals surface area contributed by atoms with E-state index in [0.29, 0.717) is 35.8 Å². The summed E-state index contributed by atoms with van der Waals surface area (Å²) in [5.41, 5.74) is 3.68. The summed E-state index contributed by atoms with van der Waals surface area (Å²) in [7, 11) is 1.66. The molecule has 0 saturated carbocycles. The van der Waals surface area contributed by atoms with Crippen molar-refractivity contribution in [3.8, 4) is 28.1 Å². The molecule has 3 rings (SSSR count). The van der Waals surface area contributed by atoms with E-state index in [9.17, 15) is 9.50 Å². The SMILES string of the molecule is COCCCNc1cc(-c2ccc(Cl)c(F)c2)cc(-c2cc(C)ccc2O)n1. The van der Waals surface area contributed by atoms with Gasteiger partial charge in [-0.1, -0.05) is 29.3 Å². The van der Waals surface area contributed by atoms with Gasteiger partial charge < -0.3 is 15.2 Å². The van der Waals surface area contributed by atoms with Crippen LogP contribution >= 0.6 is 11.6 Å². The number of phenolic OH excluding ortho intramolecular Hbond substituents is 1. The molecule has 0 aliphatic rings. The van der Waals surface area contributed by atoms with Crippen LogP contribution in [0.4, 0.5) is 10.2 Å². The Labute approximate surface area is 169 Å². The third-order valence-electron chi connectivity index (χ3n) is 4.34. The number of aryl methyl sites for hydroxylation is 1. The van der Waals surface area contributed by atoms with Crippen LogP contribution in [-0.2, 0) is 4.74 Å². The fraction of sp³-hybridized carbons (Fsp3) is 0.227. The lowest BCUT2D eigenvalue weighted by Gasteiger charge is -2.13. The van der Waals surface area contributed by atoms with Crippen molar-refractivity contribution >= 4 is 17.4 Å². The highest BCUT2D eigenvalue weighted by Crippen LogP contribution is 2.34. The number of anilines is 1. The van der Waals surface area contributed by atoms with Crippen LogP contribution in [0.25, 0.3) is 22.4 Å². The molecule has 0 unspecified atom stereocenters. The molecule has 146 valence electrons. The van der Waals surface area contributed by atoms with E-state index in [4.69, 9.17) is 16.3 Å². The number of pyridine rings is 1. The van der Waals surface area contributed by atoms with E-state index in [2.05, 4.69) is 10.3 Å². The predicted molar refractivity (Wildman–Crippen MR) is 111 cm³/mol. The average molecular weight is 401 g/mol. The highest BCUT2D eigenvalue weighted by molar-refractivity contribution is 6.30. The number of hydrogen-bond donors (Lipinski definition) is 2. The zero-order valence-corrected chi connectivity index (χ0v) is 16.6. The van der Waals surface area contributed by atoms with E-state index in [1.807, 2.05) is 31.2 Å². The van der Waals surface area contributed by atoms with Gasteiger partial charge in [-0.05, 0) is 60.9 Å². The van der Waals surface area contributed by atoms with Crippen molar-refractivity contribution in [3.05, 3.63) is 64.9 Å². The summed E-state index contributed by atoms with van der Waals surface area (Å²) < 4.78 is 19.0. The Morgan fingerprint density at radius 2 is 1.93 bits per heavy atom. The second-order valence-corrected chi connectivity index (χ2v) is 6.96. The molecular formula is C22H22ClFN2O2. The Hall–Kier alpha value is -2.63. The third kappa shape index (κ3) is 4.80. The summed E-state index contributed by atoms with van der Waals surface area (Å²) in [6, 6.07) is 13.7. The summed E-state index contributed by atoms with van der Waals surface area (Å²) >= 11 is 5.82. The summed E-state index contributed by atoms with van der Waals surface area (Å²) in [6.07, 6.45) is 0.822. The van der Waals surface area contributed by atoms with Gasteiger partial charge in [0.15, 0.2) is 0 Å². The molecule has 0 saturated heterocycles. The molecule has 0 radical (unpaired) electrons. The molecule has 4 nitrogen and oxygen atoms in total. The van der Waals surface area contributed by atoms with Gasteiger partial charge in [0, 0.05) is 25.8 Å². The van der Waals surface area contributed by atoms with Crippen molar-refractivity contribution in [2.75, 3.05) is 25.6 Å². The minimum absolute atomic E-state index is 0.0762. The summed E-state index contributed by atoms with van der Waals surface area (Å²) in [5, 5.41) is 13.7. The Kier molecular flexibility index (Phi) is 6.49. The standard InChI is InChI=1S/C22H22ClFN2O2/c1-14-4-7-21(27)17(10-14)20-12-16(15-5-6-18(23)19(24)11-15)13-22(26-20)25-8-3-9-28-2/h4-7,10-13,27H,3,8-9H2,1-2H3,(H,25,26). The summed E-state index contributed by atoms with van der Waals surface area (Å²) in [6.45, 7) is 3.27. The number of nitrogens with one attached hydrogen (secondary N) is 1. The van der Waals surface area contributed by atoms with Crippen molar-refractivity contribution in [1.29, 1.82) is 0 Å². The molecule has 0 spiro atoms. The fourth-order valence-electron chi connectivity index (χ4n) is 2.89. The number of halogens is 2. The van der Waals surface area contributed by atoms with Crippen molar-refractivity contribution in [1.82, 2.24) is 4.98 Å². The largest absolute Gasteiger partial charge is 0.507 e. The number of hydrogen-bond acceptors (Lipinski definition) is 4. The first-order chi connectivity index (χ1) is 13.5. The highest BCUT2D eigenvalue weighted by Gasteiger charge is 2.12. The van der Waals surface area contributed by atoms with Crippen LogP contribution in [0.3, 0.4) is 0 Å².